The predicted molar refractivity (Wildman–Crippen MR) is 62.7 cm³/mol. The van der Waals surface area contributed by atoms with Crippen molar-refractivity contribution in [3.05, 3.63) is 66.0 Å². The van der Waals surface area contributed by atoms with Crippen molar-refractivity contribution >= 4 is 0 Å². The van der Waals surface area contributed by atoms with Crippen molar-refractivity contribution in [1.82, 2.24) is 4.98 Å². The molecule has 0 saturated carbocycles. The Balaban J connectivity index is 2.17. The highest BCUT2D eigenvalue weighted by atomic mass is 14.7. The molecule has 2 heteroatoms. The first kappa shape index (κ1) is 10.4. The third kappa shape index (κ3) is 2.46. The van der Waals surface area contributed by atoms with Crippen molar-refractivity contribution in [2.45, 2.75) is 12.3 Å². The molecule has 2 rings (SSSR count). The van der Waals surface area contributed by atoms with Crippen LogP contribution in [0.2, 0.25) is 0 Å². The molecule has 0 unspecified atom stereocenters. The van der Waals surface area contributed by atoms with Crippen molar-refractivity contribution in [2.24, 2.45) is 0 Å². The molecule has 2 aromatic rings. The molecule has 0 aliphatic carbocycles. The lowest BCUT2D eigenvalue weighted by molar-refractivity contribution is 0.814. The number of nitrogens with zero attached hydrogens (tertiary/aromatic N) is 2. The van der Waals surface area contributed by atoms with E-state index in [2.05, 4.69) is 11.1 Å². The lowest BCUT2D eigenvalue weighted by Crippen LogP contribution is -2.02. The van der Waals surface area contributed by atoms with Crippen molar-refractivity contribution in [3.63, 3.8) is 0 Å². The lowest BCUT2D eigenvalue weighted by Gasteiger charge is -2.07. The third-order valence-electron chi connectivity index (χ3n) is 2.48. The first-order chi connectivity index (χ1) is 7.90. The van der Waals surface area contributed by atoms with Gasteiger partial charge in [0.05, 0.1) is 17.7 Å². The van der Waals surface area contributed by atoms with Gasteiger partial charge in [-0.25, -0.2) is 0 Å². The summed E-state index contributed by atoms with van der Waals surface area (Å²) in [5, 5.41) is 9.15. The molecule has 0 aliphatic heterocycles. The molecule has 1 aromatic carbocycles. The molecule has 0 N–H and O–H groups in total. The average Bonchev–Trinajstić information content (AvgIpc) is 2.38. The van der Waals surface area contributed by atoms with Crippen LogP contribution in [0.4, 0.5) is 0 Å². The Labute approximate surface area is 95.2 Å². The molecule has 1 atom stereocenters. The zero-order valence-electron chi connectivity index (χ0n) is 8.88. The molecule has 0 saturated heterocycles. The number of hydrogen-bond acceptors (Lipinski definition) is 2. The van der Waals surface area contributed by atoms with Gasteiger partial charge >= 0.3 is 0 Å². The van der Waals surface area contributed by atoms with Gasteiger partial charge in [-0.15, -0.1) is 0 Å². The summed E-state index contributed by atoms with van der Waals surface area (Å²) in [6, 6.07) is 18.0. The van der Waals surface area contributed by atoms with Crippen LogP contribution in [0.5, 0.6) is 0 Å². The van der Waals surface area contributed by atoms with E-state index in [9.17, 15) is 0 Å². The maximum Gasteiger partial charge on any atom is 0.0924 e. The number of hydrogen-bond donors (Lipinski definition) is 0. The fraction of sp³-hybridized carbons (Fsp3) is 0.143. The van der Waals surface area contributed by atoms with Crippen LogP contribution in [-0.4, -0.2) is 4.98 Å². The van der Waals surface area contributed by atoms with Gasteiger partial charge in [0.1, 0.15) is 0 Å². The van der Waals surface area contributed by atoms with Crippen LogP contribution in [0.25, 0.3) is 0 Å². The fourth-order valence-electron chi connectivity index (χ4n) is 1.65. The molecule has 78 valence electrons. The summed E-state index contributed by atoms with van der Waals surface area (Å²) in [6.45, 7) is 0. The normalized spacial score (nSPS) is 11.7. The Morgan fingerprint density at radius 3 is 2.44 bits per heavy atom. The summed E-state index contributed by atoms with van der Waals surface area (Å²) in [4.78, 5) is 4.22. The van der Waals surface area contributed by atoms with Gasteiger partial charge in [-0.3, -0.25) is 4.98 Å². The Hall–Kier alpha value is -2.14. The number of nitriles is 1. The first-order valence-corrected chi connectivity index (χ1v) is 5.24. The van der Waals surface area contributed by atoms with Gasteiger partial charge in [-0.05, 0) is 24.1 Å². The lowest BCUT2D eigenvalue weighted by atomic mass is 9.97. The number of aromatic nitrogens is 1. The Kier molecular flexibility index (Phi) is 3.30. The van der Waals surface area contributed by atoms with Crippen molar-refractivity contribution < 1.29 is 0 Å². The topological polar surface area (TPSA) is 36.7 Å². The SMILES string of the molecule is N#C[C@@H](Cc1ccccc1)c1ccccn1. The average molecular weight is 208 g/mol. The van der Waals surface area contributed by atoms with Crippen molar-refractivity contribution in [1.29, 1.82) is 5.26 Å². The molecule has 0 fully saturated rings. The van der Waals surface area contributed by atoms with E-state index in [1.54, 1.807) is 6.20 Å². The summed E-state index contributed by atoms with van der Waals surface area (Å²) < 4.78 is 0. The number of pyridine rings is 1. The Bertz CT molecular complexity index is 471. The summed E-state index contributed by atoms with van der Waals surface area (Å²) in [6.07, 6.45) is 2.44. The molecular formula is C14H12N2. The highest BCUT2D eigenvalue weighted by molar-refractivity contribution is 5.23. The standard InChI is InChI=1S/C14H12N2/c15-11-13(14-8-4-5-9-16-14)10-12-6-2-1-3-7-12/h1-9,13H,10H2/t13-/m1/s1. The van der Waals surface area contributed by atoms with E-state index in [0.29, 0.717) is 6.42 Å². The quantitative estimate of drug-likeness (QED) is 0.777. The van der Waals surface area contributed by atoms with Crippen LogP contribution in [0.1, 0.15) is 17.2 Å². The fourth-order valence-corrected chi connectivity index (χ4v) is 1.65. The van der Waals surface area contributed by atoms with E-state index >= 15 is 0 Å². The second-order valence-corrected chi connectivity index (χ2v) is 3.63. The molecule has 1 aromatic heterocycles. The first-order valence-electron chi connectivity index (χ1n) is 5.24. The summed E-state index contributed by atoms with van der Waals surface area (Å²) in [7, 11) is 0. The van der Waals surface area contributed by atoms with Gasteiger partial charge in [-0.2, -0.15) is 5.26 Å². The van der Waals surface area contributed by atoms with Crippen molar-refractivity contribution in [2.75, 3.05) is 0 Å². The number of rotatable bonds is 3. The smallest absolute Gasteiger partial charge is 0.0924 e. The minimum absolute atomic E-state index is 0.163. The Morgan fingerprint density at radius 1 is 1.06 bits per heavy atom. The van der Waals surface area contributed by atoms with Crippen LogP contribution in [0.3, 0.4) is 0 Å². The van der Waals surface area contributed by atoms with Gasteiger partial charge < -0.3 is 0 Å². The van der Waals surface area contributed by atoms with Crippen molar-refractivity contribution in [3.8, 4) is 6.07 Å². The maximum atomic E-state index is 9.15. The van der Waals surface area contributed by atoms with Gasteiger partial charge in [0.15, 0.2) is 0 Å². The van der Waals surface area contributed by atoms with Crippen LogP contribution < -0.4 is 0 Å². The van der Waals surface area contributed by atoms with Gasteiger partial charge in [-0.1, -0.05) is 36.4 Å². The van der Waals surface area contributed by atoms with Gasteiger partial charge in [0.2, 0.25) is 0 Å². The van der Waals surface area contributed by atoms with Crippen LogP contribution in [0.15, 0.2) is 54.7 Å². The summed E-state index contributed by atoms with van der Waals surface area (Å²) >= 11 is 0. The van der Waals surface area contributed by atoms with E-state index in [1.165, 1.54) is 5.56 Å². The second kappa shape index (κ2) is 5.09. The summed E-state index contributed by atoms with van der Waals surface area (Å²) in [5.41, 5.74) is 2.01. The molecule has 16 heavy (non-hydrogen) atoms. The van der Waals surface area contributed by atoms with E-state index in [-0.39, 0.29) is 5.92 Å². The number of benzene rings is 1. The highest BCUT2D eigenvalue weighted by Gasteiger charge is 2.11. The molecule has 0 radical (unpaired) electrons. The zero-order chi connectivity index (χ0) is 11.2. The molecular weight excluding hydrogens is 196 g/mol. The predicted octanol–water partition coefficient (Wildman–Crippen LogP) is 2.93. The van der Waals surface area contributed by atoms with E-state index < -0.39 is 0 Å². The molecule has 0 bridgehead atoms. The molecule has 0 aliphatic rings. The van der Waals surface area contributed by atoms with Crippen LogP contribution in [0, 0.1) is 11.3 Å². The van der Waals surface area contributed by atoms with Gasteiger partial charge in [0.25, 0.3) is 0 Å². The molecule has 2 nitrogen and oxygen atoms in total. The molecule has 0 spiro atoms. The van der Waals surface area contributed by atoms with Gasteiger partial charge in [0, 0.05) is 6.20 Å². The molecule has 1 heterocycles. The van der Waals surface area contributed by atoms with E-state index in [1.807, 2.05) is 48.5 Å². The molecule has 0 amide bonds. The van der Waals surface area contributed by atoms with E-state index in [4.69, 9.17) is 5.26 Å². The third-order valence-corrected chi connectivity index (χ3v) is 2.48. The minimum atomic E-state index is -0.163. The summed E-state index contributed by atoms with van der Waals surface area (Å²) in [5.74, 6) is -0.163. The van der Waals surface area contributed by atoms with Crippen LogP contribution >= 0.6 is 0 Å². The monoisotopic (exact) mass is 208 g/mol. The minimum Gasteiger partial charge on any atom is -0.260 e. The van der Waals surface area contributed by atoms with Crippen LogP contribution in [-0.2, 0) is 6.42 Å². The highest BCUT2D eigenvalue weighted by Crippen LogP contribution is 2.17. The zero-order valence-corrected chi connectivity index (χ0v) is 8.88. The Morgan fingerprint density at radius 2 is 1.81 bits per heavy atom. The second-order valence-electron chi connectivity index (χ2n) is 3.63. The van der Waals surface area contributed by atoms with E-state index in [0.717, 1.165) is 5.69 Å². The maximum absolute atomic E-state index is 9.15. The largest absolute Gasteiger partial charge is 0.260 e.